The monoisotopic (exact) mass is 487 g/mol. The normalized spacial score (nSPS) is 14.3. The summed E-state index contributed by atoms with van der Waals surface area (Å²) in [5.74, 6) is -0.423. The molecule has 2 aromatic carbocycles. The van der Waals surface area contributed by atoms with E-state index in [4.69, 9.17) is 14.5 Å². The second-order valence-electron chi connectivity index (χ2n) is 9.90. The summed E-state index contributed by atoms with van der Waals surface area (Å²) in [6.07, 6.45) is 3.56. The van der Waals surface area contributed by atoms with E-state index < -0.39 is 11.6 Å². The van der Waals surface area contributed by atoms with E-state index >= 15 is 0 Å². The molecule has 4 rings (SSSR count). The molecule has 0 atom stereocenters. The highest BCUT2D eigenvalue weighted by atomic mass is 16.6. The van der Waals surface area contributed by atoms with Gasteiger partial charge in [0.2, 0.25) is 0 Å². The van der Waals surface area contributed by atoms with Crippen molar-refractivity contribution >= 4 is 34.7 Å². The van der Waals surface area contributed by atoms with Crippen molar-refractivity contribution in [2.75, 3.05) is 38.2 Å². The fourth-order valence-corrected chi connectivity index (χ4v) is 4.24. The Kier molecular flexibility index (Phi) is 7.58. The molecule has 0 saturated carbocycles. The number of benzene rings is 2. The van der Waals surface area contributed by atoms with E-state index in [-0.39, 0.29) is 6.09 Å². The van der Waals surface area contributed by atoms with Crippen LogP contribution in [-0.2, 0) is 20.7 Å². The third-order valence-corrected chi connectivity index (χ3v) is 5.97. The number of methoxy groups -OCH3 is 1. The zero-order valence-corrected chi connectivity index (χ0v) is 21.4. The maximum atomic E-state index is 12.6. The summed E-state index contributed by atoms with van der Waals surface area (Å²) in [4.78, 5) is 33.0. The quantitative estimate of drug-likeness (QED) is 0.370. The molecule has 0 radical (unpaired) electrons. The molecule has 1 aliphatic rings. The summed E-state index contributed by atoms with van der Waals surface area (Å²) in [5.41, 5.74) is 4.48. The van der Waals surface area contributed by atoms with E-state index in [0.717, 1.165) is 23.0 Å². The molecule has 1 amide bonds. The molecule has 7 heteroatoms. The molecule has 1 aromatic heterocycles. The fraction of sp³-hybridized carbons (Fsp3) is 0.345. The molecule has 0 N–H and O–H groups in total. The van der Waals surface area contributed by atoms with Crippen LogP contribution in [0, 0.1) is 0 Å². The topological polar surface area (TPSA) is 72.0 Å². The molecular formula is C29H33N3O4. The fourth-order valence-electron chi connectivity index (χ4n) is 4.24. The molecule has 0 aliphatic carbocycles. The number of anilines is 1. The Bertz CT molecular complexity index is 1260. The van der Waals surface area contributed by atoms with Gasteiger partial charge in [-0.15, -0.1) is 0 Å². The third-order valence-electron chi connectivity index (χ3n) is 5.97. The minimum atomic E-state index is -0.520. The summed E-state index contributed by atoms with van der Waals surface area (Å²) in [6.45, 7) is 8.12. The summed E-state index contributed by atoms with van der Waals surface area (Å²) in [6, 6.07) is 18.7. The SMILES string of the molecule is COC(=O)/C=C/c1ccc2cc(Cc3ccccc3)cc(N3CCN(C(=O)OC(C)(C)C)CC3)c2n1. The van der Waals surface area contributed by atoms with Crippen LogP contribution in [0.25, 0.3) is 17.0 Å². The van der Waals surface area contributed by atoms with Crippen LogP contribution in [0.15, 0.2) is 60.7 Å². The summed E-state index contributed by atoms with van der Waals surface area (Å²) in [7, 11) is 1.35. The van der Waals surface area contributed by atoms with Crippen molar-refractivity contribution in [2.24, 2.45) is 0 Å². The van der Waals surface area contributed by atoms with Gasteiger partial charge in [-0.1, -0.05) is 36.4 Å². The van der Waals surface area contributed by atoms with Crippen molar-refractivity contribution in [2.45, 2.75) is 32.8 Å². The summed E-state index contributed by atoms with van der Waals surface area (Å²) >= 11 is 0. The molecule has 1 saturated heterocycles. The number of nitrogens with zero attached hydrogens (tertiary/aromatic N) is 3. The van der Waals surface area contributed by atoms with Crippen molar-refractivity contribution in [3.63, 3.8) is 0 Å². The lowest BCUT2D eigenvalue weighted by molar-refractivity contribution is -0.134. The average Bonchev–Trinajstić information content (AvgIpc) is 2.86. The Labute approximate surface area is 212 Å². The van der Waals surface area contributed by atoms with E-state index in [1.807, 2.05) is 39.0 Å². The predicted molar refractivity (Wildman–Crippen MR) is 142 cm³/mol. The maximum Gasteiger partial charge on any atom is 0.410 e. The van der Waals surface area contributed by atoms with E-state index in [2.05, 4.69) is 41.3 Å². The first-order chi connectivity index (χ1) is 17.2. The van der Waals surface area contributed by atoms with Crippen molar-refractivity contribution in [1.29, 1.82) is 0 Å². The van der Waals surface area contributed by atoms with Gasteiger partial charge < -0.3 is 19.3 Å². The van der Waals surface area contributed by atoms with Crippen molar-refractivity contribution in [1.82, 2.24) is 9.88 Å². The zero-order chi connectivity index (χ0) is 25.7. The molecule has 0 unspecified atom stereocenters. The lowest BCUT2D eigenvalue weighted by Gasteiger charge is -2.37. The van der Waals surface area contributed by atoms with Crippen molar-refractivity contribution < 1.29 is 19.1 Å². The first-order valence-electron chi connectivity index (χ1n) is 12.2. The number of amides is 1. The molecule has 3 aromatic rings. The number of hydrogen-bond acceptors (Lipinski definition) is 6. The molecule has 1 aliphatic heterocycles. The largest absolute Gasteiger partial charge is 0.466 e. The predicted octanol–water partition coefficient (Wildman–Crippen LogP) is 5.07. The van der Waals surface area contributed by atoms with E-state index in [1.165, 1.54) is 24.3 Å². The standard InChI is InChI=1S/C29H33N3O4/c1-29(2,3)36-28(34)32-16-14-31(15-17-32)25-20-22(18-21-8-6-5-7-9-21)19-23-10-11-24(30-27(23)25)12-13-26(33)35-4/h5-13,19-20H,14-18H2,1-4H3/b13-12+. The van der Waals surface area contributed by atoms with Crippen molar-refractivity contribution in [3.8, 4) is 0 Å². The van der Waals surface area contributed by atoms with Gasteiger partial charge in [0.05, 0.1) is 24.0 Å². The number of hydrogen-bond donors (Lipinski definition) is 0. The number of ether oxygens (including phenoxy) is 2. The van der Waals surface area contributed by atoms with Gasteiger partial charge in [-0.2, -0.15) is 0 Å². The van der Waals surface area contributed by atoms with Crippen LogP contribution in [0.2, 0.25) is 0 Å². The van der Waals surface area contributed by atoms with Gasteiger partial charge in [-0.05, 0) is 62.6 Å². The molecule has 36 heavy (non-hydrogen) atoms. The number of aromatic nitrogens is 1. The molecule has 0 spiro atoms. The number of rotatable bonds is 5. The Hall–Kier alpha value is -3.87. The number of carbonyl (C=O) groups is 2. The number of fused-ring (bicyclic) bond motifs is 1. The van der Waals surface area contributed by atoms with Gasteiger partial charge >= 0.3 is 12.1 Å². The van der Waals surface area contributed by atoms with Crippen LogP contribution in [0.4, 0.5) is 10.5 Å². The Morgan fingerprint density at radius 2 is 1.69 bits per heavy atom. The van der Waals surface area contributed by atoms with Gasteiger partial charge in [-0.25, -0.2) is 14.6 Å². The number of pyridine rings is 1. The molecule has 7 nitrogen and oxygen atoms in total. The summed E-state index contributed by atoms with van der Waals surface area (Å²) < 4.78 is 10.3. The van der Waals surface area contributed by atoms with Crippen LogP contribution >= 0.6 is 0 Å². The highest BCUT2D eigenvalue weighted by Gasteiger charge is 2.27. The molecular weight excluding hydrogens is 454 g/mol. The van der Waals surface area contributed by atoms with Crippen LogP contribution in [0.5, 0.6) is 0 Å². The second-order valence-corrected chi connectivity index (χ2v) is 9.90. The molecule has 2 heterocycles. The number of esters is 1. The number of carbonyl (C=O) groups excluding carboxylic acids is 2. The van der Waals surface area contributed by atoms with Crippen LogP contribution in [0.3, 0.4) is 0 Å². The van der Waals surface area contributed by atoms with Gasteiger partial charge in [0.15, 0.2) is 0 Å². The lowest BCUT2D eigenvalue weighted by atomic mass is 10.0. The average molecular weight is 488 g/mol. The highest BCUT2D eigenvalue weighted by molar-refractivity contribution is 5.93. The minimum Gasteiger partial charge on any atom is -0.466 e. The number of piperazine rings is 1. The third kappa shape index (κ3) is 6.42. The zero-order valence-electron chi connectivity index (χ0n) is 21.4. The first kappa shape index (κ1) is 25.2. The maximum absolute atomic E-state index is 12.6. The molecule has 0 bridgehead atoms. The Morgan fingerprint density at radius 1 is 0.972 bits per heavy atom. The van der Waals surface area contributed by atoms with Gasteiger partial charge in [0.25, 0.3) is 0 Å². The minimum absolute atomic E-state index is 0.279. The molecule has 188 valence electrons. The summed E-state index contributed by atoms with van der Waals surface area (Å²) in [5, 5.41) is 1.03. The van der Waals surface area contributed by atoms with Crippen LogP contribution in [-0.4, -0.2) is 60.8 Å². The van der Waals surface area contributed by atoms with E-state index in [0.29, 0.717) is 31.9 Å². The van der Waals surface area contributed by atoms with Crippen LogP contribution < -0.4 is 4.90 Å². The Balaban J connectivity index is 1.64. The van der Waals surface area contributed by atoms with E-state index in [1.54, 1.807) is 11.0 Å². The smallest absolute Gasteiger partial charge is 0.410 e. The second kappa shape index (κ2) is 10.8. The molecule has 1 fully saturated rings. The highest BCUT2D eigenvalue weighted by Crippen LogP contribution is 2.30. The lowest BCUT2D eigenvalue weighted by Crippen LogP contribution is -2.50. The van der Waals surface area contributed by atoms with Crippen molar-refractivity contribution in [3.05, 3.63) is 77.5 Å². The van der Waals surface area contributed by atoms with E-state index in [9.17, 15) is 9.59 Å². The van der Waals surface area contributed by atoms with Gasteiger partial charge in [-0.3, -0.25) is 0 Å². The van der Waals surface area contributed by atoms with Gasteiger partial charge in [0.1, 0.15) is 5.60 Å². The Morgan fingerprint density at radius 3 is 2.36 bits per heavy atom. The first-order valence-corrected chi connectivity index (χ1v) is 12.2. The van der Waals surface area contributed by atoms with Gasteiger partial charge in [0, 0.05) is 37.6 Å². The van der Waals surface area contributed by atoms with Crippen LogP contribution in [0.1, 0.15) is 37.6 Å².